The molecule has 0 aromatic carbocycles. The zero-order valence-electron chi connectivity index (χ0n) is 11.9. The van der Waals surface area contributed by atoms with Crippen molar-refractivity contribution in [2.45, 2.75) is 50.1 Å². The zero-order chi connectivity index (χ0) is 13.6. The maximum atomic E-state index is 13.2. The Labute approximate surface area is 119 Å². The molecule has 3 nitrogen and oxygen atoms in total. The molecule has 0 N–H and O–H groups in total. The summed E-state index contributed by atoms with van der Waals surface area (Å²) in [6.45, 7) is 0. The molecule has 20 heavy (non-hydrogen) atoms. The van der Waals surface area contributed by atoms with Gasteiger partial charge in [0.05, 0.1) is 17.2 Å². The molecule has 0 radical (unpaired) electrons. The molecule has 0 amide bonds. The Balaban J connectivity index is 1.67. The van der Waals surface area contributed by atoms with Crippen molar-refractivity contribution in [1.29, 1.82) is 0 Å². The topological polar surface area (TPSA) is 33.2 Å². The lowest BCUT2D eigenvalue weighted by molar-refractivity contribution is -0.145. The van der Waals surface area contributed by atoms with E-state index in [4.69, 9.17) is 0 Å². The van der Waals surface area contributed by atoms with Gasteiger partial charge in [-0.05, 0) is 57.7 Å². The van der Waals surface area contributed by atoms with E-state index in [0.717, 1.165) is 31.4 Å². The normalized spacial score (nSPS) is 34.6. The summed E-state index contributed by atoms with van der Waals surface area (Å²) in [6, 6.07) is 6.33. The fourth-order valence-corrected chi connectivity index (χ4v) is 5.19. The monoisotopic (exact) mass is 268 g/mol. The largest absolute Gasteiger partial charge is 0.298 e. The molecule has 2 heterocycles. The first-order chi connectivity index (χ1) is 9.66. The third-order valence-electron chi connectivity index (χ3n) is 6.59. The summed E-state index contributed by atoms with van der Waals surface area (Å²) in [4.78, 5) is 20.4. The lowest BCUT2D eigenvalue weighted by Gasteiger charge is -2.49. The van der Waals surface area contributed by atoms with Crippen molar-refractivity contribution in [2.75, 3.05) is 7.05 Å². The highest BCUT2D eigenvalue weighted by atomic mass is 16.1. The number of piperidine rings is 1. The summed E-state index contributed by atoms with van der Waals surface area (Å²) < 4.78 is 0. The number of pyridine rings is 1. The van der Waals surface area contributed by atoms with Crippen LogP contribution in [0.1, 0.15) is 50.3 Å². The van der Waals surface area contributed by atoms with Crippen LogP contribution in [0.4, 0.5) is 0 Å². The van der Waals surface area contributed by atoms with E-state index in [1.54, 1.807) is 0 Å². The van der Waals surface area contributed by atoms with Crippen LogP contribution in [0.5, 0.6) is 0 Å². The number of carbonyl (C=O) groups excluding carboxylic acids is 1. The summed E-state index contributed by atoms with van der Waals surface area (Å²) in [6.07, 6.45) is 8.66. The number of fused-ring (bicyclic) bond motifs is 1. The summed E-state index contributed by atoms with van der Waals surface area (Å²) in [7, 11) is 2.25. The van der Waals surface area contributed by atoms with Crippen LogP contribution in [-0.4, -0.2) is 28.3 Å². The van der Waals surface area contributed by atoms with Gasteiger partial charge in [0, 0.05) is 17.2 Å². The number of nitrogens with zero attached hydrogens (tertiary/aromatic N) is 2. The molecular weight excluding hydrogens is 248 g/mol. The molecule has 3 saturated carbocycles. The van der Waals surface area contributed by atoms with Crippen molar-refractivity contribution in [2.24, 2.45) is 10.8 Å². The van der Waals surface area contributed by atoms with E-state index < -0.39 is 0 Å². The lowest BCUT2D eigenvalue weighted by atomic mass is 9.70. The van der Waals surface area contributed by atoms with Crippen molar-refractivity contribution in [1.82, 2.24) is 9.88 Å². The molecule has 3 heteroatoms. The highest BCUT2D eigenvalue weighted by molar-refractivity contribution is 5.98. The predicted molar refractivity (Wildman–Crippen MR) is 75.0 cm³/mol. The van der Waals surface area contributed by atoms with Crippen molar-refractivity contribution in [3.63, 3.8) is 0 Å². The Morgan fingerprint density at radius 2 is 1.90 bits per heavy atom. The van der Waals surface area contributed by atoms with Crippen LogP contribution in [0.2, 0.25) is 0 Å². The first-order valence-corrected chi connectivity index (χ1v) is 7.85. The highest BCUT2D eigenvalue weighted by Gasteiger charge is 2.81. The van der Waals surface area contributed by atoms with E-state index in [9.17, 15) is 4.79 Å². The Bertz CT molecular complexity index is 597. The summed E-state index contributed by atoms with van der Waals surface area (Å²) in [5.41, 5.74) is 1.21. The quantitative estimate of drug-likeness (QED) is 0.785. The fourth-order valence-electron chi connectivity index (χ4n) is 5.19. The standard InChI is InChI=1S/C17H20N2O/c1-19-13(12-4-2-3-11-18-12)15(5-6-15)14(20)16(7-8-16)17(19)9-10-17/h2-4,11,13H,5-10H2,1H3. The first-order valence-electron chi connectivity index (χ1n) is 7.85. The van der Waals surface area contributed by atoms with Crippen LogP contribution in [0.25, 0.3) is 0 Å². The molecule has 3 spiro atoms. The van der Waals surface area contributed by atoms with Crippen molar-refractivity contribution < 1.29 is 4.79 Å². The molecule has 0 bridgehead atoms. The second-order valence-electron chi connectivity index (χ2n) is 7.37. The molecule has 1 unspecified atom stereocenters. The van der Waals surface area contributed by atoms with E-state index >= 15 is 0 Å². The van der Waals surface area contributed by atoms with Crippen LogP contribution < -0.4 is 0 Å². The number of rotatable bonds is 1. The maximum Gasteiger partial charge on any atom is 0.148 e. The Kier molecular flexibility index (Phi) is 1.81. The van der Waals surface area contributed by atoms with Crippen LogP contribution >= 0.6 is 0 Å². The molecule has 4 aliphatic rings. The van der Waals surface area contributed by atoms with E-state index in [1.165, 1.54) is 12.8 Å². The molecule has 1 atom stereocenters. The molecule has 5 rings (SSSR count). The molecule has 1 aromatic heterocycles. The van der Waals surface area contributed by atoms with Gasteiger partial charge in [-0.3, -0.25) is 14.7 Å². The number of hydrogen-bond acceptors (Lipinski definition) is 3. The van der Waals surface area contributed by atoms with Gasteiger partial charge in [-0.25, -0.2) is 0 Å². The van der Waals surface area contributed by atoms with Gasteiger partial charge in [0.25, 0.3) is 0 Å². The minimum absolute atomic E-state index is 0.0313. The van der Waals surface area contributed by atoms with Crippen molar-refractivity contribution in [3.05, 3.63) is 30.1 Å². The van der Waals surface area contributed by atoms with E-state index in [-0.39, 0.29) is 22.4 Å². The number of Topliss-reactive ketones (excluding diaryl/α,β-unsaturated/α-hetero) is 1. The molecule has 1 aromatic rings. The van der Waals surface area contributed by atoms with Crippen LogP contribution in [0, 0.1) is 10.8 Å². The lowest BCUT2D eigenvalue weighted by Crippen LogP contribution is -2.58. The van der Waals surface area contributed by atoms with Gasteiger partial charge in [-0.1, -0.05) is 6.07 Å². The molecule has 1 saturated heterocycles. The number of aromatic nitrogens is 1. The molecule has 3 aliphatic carbocycles. The number of carbonyl (C=O) groups is 1. The average molecular weight is 268 g/mol. The second-order valence-corrected chi connectivity index (χ2v) is 7.37. The van der Waals surface area contributed by atoms with Crippen molar-refractivity contribution in [3.8, 4) is 0 Å². The van der Waals surface area contributed by atoms with Gasteiger partial charge in [0.1, 0.15) is 5.78 Å². The van der Waals surface area contributed by atoms with E-state index in [0.29, 0.717) is 5.78 Å². The second kappa shape index (κ2) is 3.16. The predicted octanol–water partition coefficient (Wildman–Crippen LogP) is 2.73. The van der Waals surface area contributed by atoms with Crippen LogP contribution in [0.3, 0.4) is 0 Å². The maximum absolute atomic E-state index is 13.2. The third kappa shape index (κ3) is 1.06. The summed E-state index contributed by atoms with van der Waals surface area (Å²) >= 11 is 0. The minimum atomic E-state index is -0.104. The molecule has 1 aliphatic heterocycles. The first kappa shape index (κ1) is 11.4. The summed E-state index contributed by atoms with van der Waals surface area (Å²) in [5, 5.41) is 0. The summed E-state index contributed by atoms with van der Waals surface area (Å²) in [5.74, 6) is 0.594. The molecule has 4 fully saturated rings. The Morgan fingerprint density at radius 3 is 2.40 bits per heavy atom. The Morgan fingerprint density at radius 1 is 1.15 bits per heavy atom. The third-order valence-corrected chi connectivity index (χ3v) is 6.59. The highest BCUT2D eigenvalue weighted by Crippen LogP contribution is 2.78. The smallest absolute Gasteiger partial charge is 0.148 e. The molecular formula is C17H20N2O. The van der Waals surface area contributed by atoms with Crippen molar-refractivity contribution >= 4 is 5.78 Å². The zero-order valence-corrected chi connectivity index (χ0v) is 11.9. The number of hydrogen-bond donors (Lipinski definition) is 0. The van der Waals surface area contributed by atoms with Gasteiger partial charge < -0.3 is 0 Å². The van der Waals surface area contributed by atoms with Gasteiger partial charge in [-0.15, -0.1) is 0 Å². The SMILES string of the molecule is CN1C(c2ccccn2)C2(CC2)C(=O)C2(CC2)C12CC2. The van der Waals surface area contributed by atoms with Gasteiger partial charge in [-0.2, -0.15) is 0 Å². The number of ketones is 1. The van der Waals surface area contributed by atoms with Gasteiger partial charge in [0.15, 0.2) is 0 Å². The fraction of sp³-hybridized carbons (Fsp3) is 0.647. The van der Waals surface area contributed by atoms with Gasteiger partial charge >= 0.3 is 0 Å². The molecule has 104 valence electrons. The van der Waals surface area contributed by atoms with E-state index in [1.807, 2.05) is 12.3 Å². The number of likely N-dealkylation sites (tertiary alicyclic amines) is 1. The van der Waals surface area contributed by atoms with Crippen LogP contribution in [0.15, 0.2) is 24.4 Å². The van der Waals surface area contributed by atoms with Gasteiger partial charge in [0.2, 0.25) is 0 Å². The van der Waals surface area contributed by atoms with Crippen LogP contribution in [-0.2, 0) is 4.79 Å². The average Bonchev–Trinajstić information content (AvgIpc) is 3.34. The minimum Gasteiger partial charge on any atom is -0.298 e. The van der Waals surface area contributed by atoms with E-state index in [2.05, 4.69) is 29.1 Å². The Hall–Kier alpha value is -1.22.